The van der Waals surface area contributed by atoms with Gasteiger partial charge >= 0.3 is 0 Å². The number of hydrogen-bond donors (Lipinski definition) is 1. The fourth-order valence-electron chi connectivity index (χ4n) is 2.01. The fourth-order valence-corrected chi connectivity index (χ4v) is 2.46. The van der Waals surface area contributed by atoms with Crippen LogP contribution in [0.3, 0.4) is 0 Å². The Morgan fingerprint density at radius 3 is 2.35 bits per heavy atom. The molecule has 0 saturated carbocycles. The SMILES string of the molecule is Cc1cc(F)cc(C)c1C(O)c1ccoc1Br. The van der Waals surface area contributed by atoms with Gasteiger partial charge in [-0.25, -0.2) is 4.39 Å². The molecule has 0 saturated heterocycles. The molecule has 90 valence electrons. The van der Waals surface area contributed by atoms with Crippen LogP contribution < -0.4 is 0 Å². The van der Waals surface area contributed by atoms with Gasteiger partial charge in [-0.2, -0.15) is 0 Å². The molecule has 1 heterocycles. The van der Waals surface area contributed by atoms with Crippen molar-refractivity contribution in [3.05, 3.63) is 57.2 Å². The molecule has 0 fully saturated rings. The lowest BCUT2D eigenvalue weighted by Gasteiger charge is -2.16. The Morgan fingerprint density at radius 2 is 1.88 bits per heavy atom. The van der Waals surface area contributed by atoms with Gasteiger partial charge in [0.2, 0.25) is 0 Å². The molecule has 0 spiro atoms. The number of rotatable bonds is 2. The zero-order chi connectivity index (χ0) is 12.6. The zero-order valence-corrected chi connectivity index (χ0v) is 11.1. The molecule has 1 aromatic heterocycles. The third kappa shape index (κ3) is 2.28. The quantitative estimate of drug-likeness (QED) is 0.913. The second-order valence-corrected chi connectivity index (χ2v) is 4.73. The van der Waals surface area contributed by atoms with Crippen LogP contribution in [-0.4, -0.2) is 5.11 Å². The van der Waals surface area contributed by atoms with E-state index in [1.807, 2.05) is 0 Å². The van der Waals surface area contributed by atoms with Gasteiger partial charge in [-0.05, 0) is 64.7 Å². The maximum absolute atomic E-state index is 13.2. The first-order valence-corrected chi connectivity index (χ1v) is 5.97. The van der Waals surface area contributed by atoms with E-state index in [1.54, 1.807) is 19.9 Å². The van der Waals surface area contributed by atoms with E-state index in [9.17, 15) is 9.50 Å². The van der Waals surface area contributed by atoms with Gasteiger partial charge < -0.3 is 9.52 Å². The van der Waals surface area contributed by atoms with E-state index in [0.717, 1.165) is 11.1 Å². The molecule has 0 radical (unpaired) electrons. The van der Waals surface area contributed by atoms with Crippen molar-refractivity contribution in [2.45, 2.75) is 20.0 Å². The normalized spacial score (nSPS) is 12.8. The fraction of sp³-hybridized carbons (Fsp3) is 0.231. The van der Waals surface area contributed by atoms with Gasteiger partial charge in [0.05, 0.1) is 6.26 Å². The van der Waals surface area contributed by atoms with Crippen molar-refractivity contribution in [2.24, 2.45) is 0 Å². The Hall–Kier alpha value is -1.13. The Kier molecular flexibility index (Phi) is 3.35. The molecule has 2 rings (SSSR count). The average Bonchev–Trinajstić information content (AvgIpc) is 2.62. The summed E-state index contributed by atoms with van der Waals surface area (Å²) in [6.45, 7) is 3.56. The molecule has 4 heteroatoms. The topological polar surface area (TPSA) is 33.4 Å². The maximum atomic E-state index is 13.2. The van der Waals surface area contributed by atoms with Crippen molar-refractivity contribution in [3.63, 3.8) is 0 Å². The highest BCUT2D eigenvalue weighted by Crippen LogP contribution is 2.33. The summed E-state index contributed by atoms with van der Waals surface area (Å²) >= 11 is 3.23. The molecular formula is C13H12BrFO2. The molecule has 17 heavy (non-hydrogen) atoms. The van der Waals surface area contributed by atoms with Crippen molar-refractivity contribution in [1.82, 2.24) is 0 Å². The minimum Gasteiger partial charge on any atom is -0.457 e. The molecule has 1 aromatic carbocycles. The van der Waals surface area contributed by atoms with Gasteiger partial charge in [0, 0.05) is 5.56 Å². The molecule has 0 bridgehead atoms. The predicted molar refractivity (Wildman–Crippen MR) is 66.3 cm³/mol. The largest absolute Gasteiger partial charge is 0.457 e. The summed E-state index contributed by atoms with van der Waals surface area (Å²) in [7, 11) is 0. The second-order valence-electron chi connectivity index (χ2n) is 4.01. The minimum atomic E-state index is -0.816. The number of hydrogen-bond acceptors (Lipinski definition) is 2. The highest BCUT2D eigenvalue weighted by atomic mass is 79.9. The van der Waals surface area contributed by atoms with Crippen molar-refractivity contribution in [1.29, 1.82) is 0 Å². The molecule has 1 atom stereocenters. The lowest BCUT2D eigenvalue weighted by Crippen LogP contribution is -2.05. The van der Waals surface area contributed by atoms with Gasteiger partial charge in [-0.3, -0.25) is 0 Å². The first-order chi connectivity index (χ1) is 8.00. The summed E-state index contributed by atoms with van der Waals surface area (Å²) in [5.74, 6) is -0.290. The van der Waals surface area contributed by atoms with E-state index >= 15 is 0 Å². The summed E-state index contributed by atoms with van der Waals surface area (Å²) in [6.07, 6.45) is 0.681. The number of benzene rings is 1. The van der Waals surface area contributed by atoms with Crippen LogP contribution in [0.15, 0.2) is 33.5 Å². The van der Waals surface area contributed by atoms with Gasteiger partial charge in [-0.15, -0.1) is 0 Å². The monoisotopic (exact) mass is 298 g/mol. The summed E-state index contributed by atoms with van der Waals surface area (Å²) in [4.78, 5) is 0. The predicted octanol–water partition coefficient (Wildman–Crippen LogP) is 3.88. The minimum absolute atomic E-state index is 0.290. The third-order valence-corrected chi connectivity index (χ3v) is 3.42. The summed E-state index contributed by atoms with van der Waals surface area (Å²) in [6, 6.07) is 4.52. The van der Waals surface area contributed by atoms with Gasteiger partial charge in [0.15, 0.2) is 4.67 Å². The molecule has 1 N–H and O–H groups in total. The number of aliphatic hydroxyl groups is 1. The Morgan fingerprint density at radius 1 is 1.29 bits per heavy atom. The molecule has 0 aliphatic heterocycles. The van der Waals surface area contributed by atoms with Crippen molar-refractivity contribution >= 4 is 15.9 Å². The van der Waals surface area contributed by atoms with E-state index in [2.05, 4.69) is 15.9 Å². The van der Waals surface area contributed by atoms with E-state index < -0.39 is 6.10 Å². The standard InChI is InChI=1S/C13H12BrFO2/c1-7-5-9(15)6-8(2)11(7)12(16)10-3-4-17-13(10)14/h3-6,12,16H,1-2H3. The number of aryl methyl sites for hydroxylation is 2. The van der Waals surface area contributed by atoms with Gasteiger partial charge in [0.1, 0.15) is 11.9 Å². The first-order valence-electron chi connectivity index (χ1n) is 5.18. The number of furan rings is 1. The van der Waals surface area contributed by atoms with Crippen molar-refractivity contribution in [2.75, 3.05) is 0 Å². The van der Waals surface area contributed by atoms with Crippen molar-refractivity contribution in [3.8, 4) is 0 Å². The van der Waals surface area contributed by atoms with Crippen LogP contribution in [0.25, 0.3) is 0 Å². The van der Waals surface area contributed by atoms with Crippen LogP contribution in [0.2, 0.25) is 0 Å². The maximum Gasteiger partial charge on any atom is 0.175 e. The first kappa shape index (κ1) is 12.3. The van der Waals surface area contributed by atoms with E-state index in [1.165, 1.54) is 18.4 Å². The Bertz CT molecular complexity index is 525. The van der Waals surface area contributed by atoms with Crippen LogP contribution in [0.1, 0.15) is 28.4 Å². The number of halogens is 2. The molecular weight excluding hydrogens is 287 g/mol. The lowest BCUT2D eigenvalue weighted by molar-refractivity contribution is 0.216. The van der Waals surface area contributed by atoms with Gasteiger partial charge in [0.25, 0.3) is 0 Å². The smallest absolute Gasteiger partial charge is 0.175 e. The molecule has 2 nitrogen and oxygen atoms in total. The molecule has 0 aliphatic rings. The summed E-state index contributed by atoms with van der Waals surface area (Å²) < 4.78 is 18.8. The molecule has 2 aromatic rings. The van der Waals surface area contributed by atoms with Crippen molar-refractivity contribution < 1.29 is 13.9 Å². The second kappa shape index (κ2) is 4.63. The van der Waals surface area contributed by atoms with Crippen LogP contribution >= 0.6 is 15.9 Å². The highest BCUT2D eigenvalue weighted by Gasteiger charge is 2.20. The summed E-state index contributed by atoms with van der Waals surface area (Å²) in [5, 5.41) is 10.3. The Labute approximate surface area is 107 Å². The van der Waals surface area contributed by atoms with E-state index in [4.69, 9.17) is 4.42 Å². The third-order valence-electron chi connectivity index (χ3n) is 2.77. The molecule has 0 aliphatic carbocycles. The van der Waals surface area contributed by atoms with E-state index in [-0.39, 0.29) is 5.82 Å². The van der Waals surface area contributed by atoms with Crippen LogP contribution in [0.5, 0.6) is 0 Å². The van der Waals surface area contributed by atoms with Gasteiger partial charge in [-0.1, -0.05) is 0 Å². The van der Waals surface area contributed by atoms with Crippen LogP contribution in [0, 0.1) is 19.7 Å². The zero-order valence-electron chi connectivity index (χ0n) is 9.50. The molecule has 1 unspecified atom stereocenters. The molecule has 0 amide bonds. The average molecular weight is 299 g/mol. The lowest BCUT2D eigenvalue weighted by atomic mass is 9.94. The Balaban J connectivity index is 2.51. The summed E-state index contributed by atoms with van der Waals surface area (Å²) in [5.41, 5.74) is 2.81. The van der Waals surface area contributed by atoms with E-state index in [0.29, 0.717) is 15.8 Å². The van der Waals surface area contributed by atoms with Crippen LogP contribution in [-0.2, 0) is 0 Å². The highest BCUT2D eigenvalue weighted by molar-refractivity contribution is 9.10. The number of aliphatic hydroxyl groups excluding tert-OH is 1. The van der Waals surface area contributed by atoms with Crippen LogP contribution in [0.4, 0.5) is 4.39 Å².